The second-order valence-electron chi connectivity index (χ2n) is 10.9. The first-order chi connectivity index (χ1) is 18.9. The molecule has 4 unspecified atom stereocenters. The minimum absolute atomic E-state index is 0.135. The van der Waals surface area contributed by atoms with Crippen molar-refractivity contribution in [1.82, 2.24) is 19.5 Å². The first-order valence-corrected chi connectivity index (χ1v) is 13.7. The molecule has 1 N–H and O–H groups in total. The molecule has 6 atom stereocenters. The van der Waals surface area contributed by atoms with E-state index < -0.39 is 30.3 Å². The number of aliphatic hydroxyl groups excluding tert-OH is 1. The predicted molar refractivity (Wildman–Crippen MR) is 146 cm³/mol. The third-order valence-electron chi connectivity index (χ3n) is 8.03. The summed E-state index contributed by atoms with van der Waals surface area (Å²) in [7, 11) is 0. The third kappa shape index (κ3) is 4.29. The Morgan fingerprint density at radius 3 is 2.15 bits per heavy atom. The first kappa shape index (κ1) is 24.9. The average molecular weight is 548 g/mol. The molecule has 2 aromatic heterocycles. The van der Waals surface area contributed by atoms with E-state index in [1.807, 2.05) is 30.5 Å². The topological polar surface area (TPSA) is 94.8 Å². The largest absolute Gasteiger partial charge is 0.394 e. The summed E-state index contributed by atoms with van der Waals surface area (Å²) in [4.78, 5) is 16.2. The zero-order valence-electron chi connectivity index (χ0n) is 21.7. The fourth-order valence-corrected chi connectivity index (χ4v) is 6.53. The van der Waals surface area contributed by atoms with Crippen LogP contribution in [0, 0.1) is 0 Å². The van der Waals surface area contributed by atoms with Crippen molar-refractivity contribution in [3.63, 3.8) is 0 Å². The molecule has 3 aliphatic heterocycles. The van der Waals surface area contributed by atoms with Gasteiger partial charge in [-0.15, -0.1) is 0 Å². The van der Waals surface area contributed by atoms with Gasteiger partial charge in [-0.3, -0.25) is 4.57 Å². The molecule has 0 bridgehead atoms. The number of anilines is 1. The molecule has 0 saturated carbocycles. The lowest BCUT2D eigenvalue weighted by Gasteiger charge is -2.24. The number of rotatable bonds is 5. The minimum Gasteiger partial charge on any atom is -0.394 e. The average Bonchev–Trinajstić information content (AvgIpc) is 3.70. The van der Waals surface area contributed by atoms with Crippen LogP contribution in [0.1, 0.15) is 43.0 Å². The molecule has 4 aromatic rings. The van der Waals surface area contributed by atoms with Gasteiger partial charge >= 0.3 is 0 Å². The maximum absolute atomic E-state index is 9.94. The molecule has 39 heavy (non-hydrogen) atoms. The Kier molecular flexibility index (Phi) is 6.09. The summed E-state index contributed by atoms with van der Waals surface area (Å²) in [6.07, 6.45) is -0.239. The van der Waals surface area contributed by atoms with Crippen LogP contribution in [-0.2, 0) is 14.2 Å². The van der Waals surface area contributed by atoms with Crippen molar-refractivity contribution >= 4 is 28.6 Å². The van der Waals surface area contributed by atoms with Crippen LogP contribution < -0.4 is 4.90 Å². The highest BCUT2D eigenvalue weighted by atomic mass is 35.5. The fraction of sp³-hybridized carbons (Fsp3) is 0.414. The smallest absolute Gasteiger partial charge is 0.226 e. The van der Waals surface area contributed by atoms with Crippen molar-refractivity contribution in [2.45, 2.75) is 56.0 Å². The Labute approximate surface area is 231 Å². The van der Waals surface area contributed by atoms with Crippen LogP contribution in [0.3, 0.4) is 0 Å². The molecule has 202 valence electrons. The molecule has 0 radical (unpaired) electrons. The maximum Gasteiger partial charge on any atom is 0.226 e. The summed E-state index contributed by atoms with van der Waals surface area (Å²) >= 11 is 6.53. The second kappa shape index (κ2) is 9.53. The summed E-state index contributed by atoms with van der Waals surface area (Å²) in [5.41, 5.74) is 3.78. The quantitative estimate of drug-likeness (QED) is 0.370. The van der Waals surface area contributed by atoms with E-state index in [0.717, 1.165) is 13.1 Å². The lowest BCUT2D eigenvalue weighted by molar-refractivity contribution is -0.199. The normalized spacial score (nSPS) is 29.8. The van der Waals surface area contributed by atoms with Gasteiger partial charge < -0.3 is 24.2 Å². The molecule has 3 aliphatic rings. The Morgan fingerprint density at radius 1 is 0.923 bits per heavy atom. The second-order valence-corrected chi connectivity index (χ2v) is 11.2. The lowest BCUT2D eigenvalue weighted by atomic mass is 9.84. The Morgan fingerprint density at radius 2 is 1.54 bits per heavy atom. The summed E-state index contributed by atoms with van der Waals surface area (Å²) in [5, 5.41) is 10.1. The number of aliphatic hydroxyl groups is 1. The van der Waals surface area contributed by atoms with Crippen LogP contribution in [0.25, 0.3) is 11.2 Å². The number of imidazole rings is 1. The van der Waals surface area contributed by atoms with Gasteiger partial charge in [0.1, 0.15) is 18.3 Å². The molecular weight excluding hydrogens is 518 g/mol. The van der Waals surface area contributed by atoms with Crippen LogP contribution in [0.4, 0.5) is 5.82 Å². The number of hydrogen-bond acceptors (Lipinski definition) is 8. The summed E-state index contributed by atoms with van der Waals surface area (Å²) < 4.78 is 20.2. The van der Waals surface area contributed by atoms with Gasteiger partial charge in [-0.2, -0.15) is 9.97 Å². The van der Waals surface area contributed by atoms with Crippen LogP contribution in [0.5, 0.6) is 0 Å². The molecule has 5 heterocycles. The molecule has 0 spiro atoms. The van der Waals surface area contributed by atoms with E-state index in [2.05, 4.69) is 63.4 Å². The number of nitrogens with zero attached hydrogens (tertiary/aromatic N) is 5. The van der Waals surface area contributed by atoms with Gasteiger partial charge in [0.25, 0.3) is 0 Å². The van der Waals surface area contributed by atoms with Gasteiger partial charge in [-0.05, 0) is 36.6 Å². The molecule has 2 aromatic carbocycles. The number of hydrogen-bond donors (Lipinski definition) is 1. The number of benzene rings is 2. The maximum atomic E-state index is 9.94. The van der Waals surface area contributed by atoms with Crippen LogP contribution in [0.2, 0.25) is 5.28 Å². The SMILES string of the molecule is CC1(C)OC2C(O1)[C@@H](CO)O[C@H]2n1cnc2c(N3CC(c4ccccc4)C(c4ccccc4)C3)nc(Cl)nc21. The third-order valence-corrected chi connectivity index (χ3v) is 8.20. The monoisotopic (exact) mass is 547 g/mol. The zero-order chi connectivity index (χ0) is 26.7. The van der Waals surface area contributed by atoms with Gasteiger partial charge in [-0.25, -0.2) is 4.98 Å². The van der Waals surface area contributed by atoms with Gasteiger partial charge in [0, 0.05) is 24.9 Å². The molecule has 10 heteroatoms. The number of fused-ring (bicyclic) bond motifs is 2. The van der Waals surface area contributed by atoms with E-state index >= 15 is 0 Å². The van der Waals surface area contributed by atoms with E-state index in [1.54, 1.807) is 6.33 Å². The number of ether oxygens (including phenoxy) is 3. The minimum atomic E-state index is -0.784. The zero-order valence-corrected chi connectivity index (χ0v) is 22.5. The van der Waals surface area contributed by atoms with Gasteiger partial charge in [0.2, 0.25) is 5.28 Å². The van der Waals surface area contributed by atoms with Gasteiger partial charge in [-0.1, -0.05) is 60.7 Å². The molecule has 3 fully saturated rings. The highest BCUT2D eigenvalue weighted by Gasteiger charge is 2.56. The first-order valence-electron chi connectivity index (χ1n) is 13.3. The highest BCUT2D eigenvalue weighted by Crippen LogP contribution is 2.45. The Bertz CT molecular complexity index is 1440. The van der Waals surface area contributed by atoms with Crippen molar-refractivity contribution in [1.29, 1.82) is 0 Å². The van der Waals surface area contributed by atoms with E-state index in [0.29, 0.717) is 17.0 Å². The van der Waals surface area contributed by atoms with Gasteiger partial charge in [0.05, 0.1) is 12.9 Å². The predicted octanol–water partition coefficient (Wildman–Crippen LogP) is 4.28. The Balaban J connectivity index is 1.27. The molecule has 9 nitrogen and oxygen atoms in total. The van der Waals surface area contributed by atoms with Crippen molar-refractivity contribution in [3.05, 3.63) is 83.4 Å². The molecule has 0 aliphatic carbocycles. The van der Waals surface area contributed by atoms with Crippen LogP contribution >= 0.6 is 11.6 Å². The summed E-state index contributed by atoms with van der Waals surface area (Å²) in [6, 6.07) is 21.2. The standard InChI is InChI=1S/C29H30ClN5O4/c1-29(2)38-23-21(15-36)37-27(24(23)39-29)35-16-31-22-25(32-28(30)33-26(22)35)34-13-19(17-9-5-3-6-10-17)20(14-34)18-11-7-4-8-12-18/h3-12,16,19-21,23-24,27,36H,13-15H2,1-2H3/t19?,20?,21-,23?,24?,27-/m1/s1. The van der Waals surface area contributed by atoms with Crippen molar-refractivity contribution in [3.8, 4) is 0 Å². The molecular formula is C29H30ClN5O4. The lowest BCUT2D eigenvalue weighted by Crippen LogP contribution is -2.31. The van der Waals surface area contributed by atoms with E-state index in [9.17, 15) is 5.11 Å². The summed E-state index contributed by atoms with van der Waals surface area (Å²) in [6.45, 7) is 5.07. The molecule has 0 amide bonds. The highest BCUT2D eigenvalue weighted by molar-refractivity contribution is 6.28. The molecule has 3 saturated heterocycles. The van der Waals surface area contributed by atoms with Gasteiger partial charge in [0.15, 0.2) is 29.0 Å². The van der Waals surface area contributed by atoms with E-state index in [-0.39, 0.29) is 23.7 Å². The van der Waals surface area contributed by atoms with E-state index in [1.165, 1.54) is 11.1 Å². The van der Waals surface area contributed by atoms with Crippen LogP contribution in [-0.4, -0.2) is 68.4 Å². The van der Waals surface area contributed by atoms with Crippen molar-refractivity contribution < 1.29 is 19.3 Å². The summed E-state index contributed by atoms with van der Waals surface area (Å²) in [5.74, 6) is 0.457. The molecule has 7 rings (SSSR count). The van der Waals surface area contributed by atoms with E-state index in [4.69, 9.17) is 30.8 Å². The van der Waals surface area contributed by atoms with Crippen LogP contribution in [0.15, 0.2) is 67.0 Å². The fourth-order valence-electron chi connectivity index (χ4n) is 6.37. The Hall–Kier alpha value is -3.08. The number of aromatic nitrogens is 4. The van der Waals surface area contributed by atoms with Crippen molar-refractivity contribution in [2.75, 3.05) is 24.6 Å². The number of halogens is 1. The van der Waals surface area contributed by atoms with Crippen molar-refractivity contribution in [2.24, 2.45) is 0 Å².